The van der Waals surface area contributed by atoms with E-state index in [1.165, 1.54) is 0 Å². The van der Waals surface area contributed by atoms with E-state index in [9.17, 15) is 14.7 Å². The number of benzene rings is 4. The van der Waals surface area contributed by atoms with Gasteiger partial charge in [-0.1, -0.05) is 84.4 Å². The molecule has 7 nitrogen and oxygen atoms in total. The lowest BCUT2D eigenvalue weighted by Gasteiger charge is -2.20. The molecule has 0 fully saturated rings. The van der Waals surface area contributed by atoms with Crippen molar-refractivity contribution in [3.8, 4) is 0 Å². The summed E-state index contributed by atoms with van der Waals surface area (Å²) >= 11 is 6.33. The molecule has 0 aliphatic carbocycles. The topological polar surface area (TPSA) is 96.9 Å². The molecule has 2 amide bonds. The lowest BCUT2D eigenvalue weighted by Crippen LogP contribution is -2.32. The average molecular weight is 601 g/mol. The minimum atomic E-state index is -0.899. The van der Waals surface area contributed by atoms with Crippen LogP contribution in [0.5, 0.6) is 0 Å². The Morgan fingerprint density at radius 3 is 2.26 bits per heavy atom. The average Bonchev–Trinajstić information content (AvgIpc) is 2.98. The van der Waals surface area contributed by atoms with Crippen molar-refractivity contribution in [1.82, 2.24) is 5.32 Å². The normalized spacial score (nSPS) is 11.8. The summed E-state index contributed by atoms with van der Waals surface area (Å²) in [4.78, 5) is 24.2. The summed E-state index contributed by atoms with van der Waals surface area (Å²) < 4.78 is 10.6. The minimum Gasteiger partial charge on any atom is -0.444 e. The number of ether oxygens (including phenoxy) is 2. The number of hydrogen-bond donors (Lipinski definition) is 3. The van der Waals surface area contributed by atoms with E-state index < -0.39 is 23.9 Å². The Balaban J connectivity index is 1.35. The first-order valence-corrected chi connectivity index (χ1v) is 14.5. The van der Waals surface area contributed by atoms with Crippen molar-refractivity contribution in [1.29, 1.82) is 0 Å². The number of carbonyl (C=O) groups excluding carboxylic acids is 2. The van der Waals surface area contributed by atoms with Gasteiger partial charge in [0.15, 0.2) is 0 Å². The first-order chi connectivity index (χ1) is 20.6. The first-order valence-electron chi connectivity index (χ1n) is 14.1. The molecule has 0 aliphatic rings. The zero-order valence-corrected chi connectivity index (χ0v) is 25.4. The van der Waals surface area contributed by atoms with Gasteiger partial charge in [-0.25, -0.2) is 9.59 Å². The van der Waals surface area contributed by atoms with E-state index in [0.717, 1.165) is 34.2 Å². The molecule has 0 saturated carbocycles. The summed E-state index contributed by atoms with van der Waals surface area (Å²) in [6.45, 7) is 5.91. The maximum absolute atomic E-state index is 12.2. The smallest absolute Gasteiger partial charge is 0.411 e. The van der Waals surface area contributed by atoms with Crippen LogP contribution in [0.1, 0.15) is 60.3 Å². The van der Waals surface area contributed by atoms with Crippen LogP contribution in [0, 0.1) is 0 Å². The van der Waals surface area contributed by atoms with Crippen molar-refractivity contribution in [3.63, 3.8) is 0 Å². The molecule has 1 atom stereocenters. The van der Waals surface area contributed by atoms with Gasteiger partial charge in [-0.05, 0) is 91.3 Å². The van der Waals surface area contributed by atoms with E-state index in [2.05, 4.69) is 10.6 Å². The molecule has 0 radical (unpaired) electrons. The van der Waals surface area contributed by atoms with Crippen LogP contribution < -0.4 is 10.6 Å². The molecule has 0 spiro atoms. The number of nitrogens with one attached hydrogen (secondary N) is 2. The number of halogens is 1. The third kappa shape index (κ3) is 10.2. The molecule has 8 heteroatoms. The number of aliphatic hydroxyl groups excluding tert-OH is 1. The van der Waals surface area contributed by atoms with Crippen molar-refractivity contribution < 1.29 is 24.2 Å². The number of anilines is 1. The van der Waals surface area contributed by atoms with E-state index in [1.807, 2.05) is 112 Å². The Bertz CT molecular complexity index is 1520. The molecular formula is C35H37ClN2O5. The van der Waals surface area contributed by atoms with E-state index in [1.54, 1.807) is 6.07 Å². The number of aryl methyl sites for hydroxylation is 2. The molecule has 1 unspecified atom stereocenters. The Kier molecular flexibility index (Phi) is 10.8. The Morgan fingerprint density at radius 2 is 1.53 bits per heavy atom. The molecule has 0 saturated heterocycles. The SMILES string of the molecule is CC(C)(C)OC(=O)NCc1cccc(C(O)c2cc(Cl)ccc2CCc2ccc(NC(=O)OCc3ccccc3)cc2)c1. The fourth-order valence-electron chi connectivity index (χ4n) is 4.50. The molecule has 3 N–H and O–H groups in total. The van der Waals surface area contributed by atoms with E-state index >= 15 is 0 Å². The lowest BCUT2D eigenvalue weighted by atomic mass is 9.92. The number of rotatable bonds is 10. The van der Waals surface area contributed by atoms with Crippen molar-refractivity contribution in [3.05, 3.63) is 135 Å². The van der Waals surface area contributed by atoms with Crippen LogP contribution in [0.4, 0.5) is 15.3 Å². The standard InChI is InChI=1S/C35H37ClN2O5/c1-35(2,3)43-33(40)37-22-26-10-7-11-28(20-26)32(39)31-21-29(36)17-16-27(31)15-12-24-13-18-30(19-14-24)38-34(41)42-23-25-8-5-4-6-9-25/h4-11,13-14,16-21,32,39H,12,15,22-23H2,1-3H3,(H,37,40)(H,38,41). The van der Waals surface area contributed by atoms with Gasteiger partial charge in [0, 0.05) is 17.3 Å². The van der Waals surface area contributed by atoms with Crippen LogP contribution in [0.25, 0.3) is 0 Å². The van der Waals surface area contributed by atoms with E-state index in [4.69, 9.17) is 21.1 Å². The van der Waals surface area contributed by atoms with Gasteiger partial charge in [0.05, 0.1) is 0 Å². The maximum atomic E-state index is 12.2. The summed E-state index contributed by atoms with van der Waals surface area (Å²) in [6, 6.07) is 30.1. The molecule has 4 rings (SSSR count). The van der Waals surface area contributed by atoms with Gasteiger partial charge in [0.1, 0.15) is 18.3 Å². The summed E-state index contributed by atoms with van der Waals surface area (Å²) in [6.07, 6.45) is -0.512. The van der Waals surface area contributed by atoms with E-state index in [0.29, 0.717) is 22.7 Å². The molecule has 0 bridgehead atoms. The molecule has 0 heterocycles. The Hall–Kier alpha value is -4.33. The summed E-state index contributed by atoms with van der Waals surface area (Å²) in [5.41, 5.74) is 5.29. The van der Waals surface area contributed by atoms with Gasteiger partial charge >= 0.3 is 12.2 Å². The van der Waals surface area contributed by atoms with Crippen LogP contribution in [-0.4, -0.2) is 22.9 Å². The Labute approximate surface area is 257 Å². The second-order valence-electron chi connectivity index (χ2n) is 11.2. The molecule has 43 heavy (non-hydrogen) atoms. The lowest BCUT2D eigenvalue weighted by molar-refractivity contribution is 0.0523. The fraction of sp³-hybridized carbons (Fsp3) is 0.257. The molecule has 4 aromatic carbocycles. The zero-order chi connectivity index (χ0) is 30.8. The zero-order valence-electron chi connectivity index (χ0n) is 24.6. The van der Waals surface area contributed by atoms with Crippen molar-refractivity contribution in [2.75, 3.05) is 5.32 Å². The highest BCUT2D eigenvalue weighted by Crippen LogP contribution is 2.29. The predicted octanol–water partition coefficient (Wildman–Crippen LogP) is 7.98. The van der Waals surface area contributed by atoms with E-state index in [-0.39, 0.29) is 13.2 Å². The summed E-state index contributed by atoms with van der Waals surface area (Å²) in [7, 11) is 0. The number of hydrogen-bond acceptors (Lipinski definition) is 5. The van der Waals surface area contributed by atoms with Crippen LogP contribution in [0.3, 0.4) is 0 Å². The van der Waals surface area contributed by atoms with Crippen LogP contribution in [0.2, 0.25) is 5.02 Å². The number of carbonyl (C=O) groups is 2. The maximum Gasteiger partial charge on any atom is 0.411 e. The highest BCUT2D eigenvalue weighted by Gasteiger charge is 2.18. The fourth-order valence-corrected chi connectivity index (χ4v) is 4.68. The Morgan fingerprint density at radius 1 is 0.814 bits per heavy atom. The van der Waals surface area contributed by atoms with Gasteiger partial charge in [-0.2, -0.15) is 0 Å². The summed E-state index contributed by atoms with van der Waals surface area (Å²) in [5.74, 6) is 0. The highest BCUT2D eigenvalue weighted by molar-refractivity contribution is 6.30. The monoisotopic (exact) mass is 600 g/mol. The second kappa shape index (κ2) is 14.7. The molecule has 0 aliphatic heterocycles. The third-order valence-corrected chi connectivity index (χ3v) is 6.84. The van der Waals surface area contributed by atoms with Gasteiger partial charge in [-0.15, -0.1) is 0 Å². The van der Waals surface area contributed by atoms with Crippen LogP contribution >= 0.6 is 11.6 Å². The minimum absolute atomic E-state index is 0.202. The predicted molar refractivity (Wildman–Crippen MR) is 169 cm³/mol. The van der Waals surface area contributed by atoms with Gasteiger partial charge in [0.25, 0.3) is 0 Å². The molecular weight excluding hydrogens is 564 g/mol. The third-order valence-electron chi connectivity index (χ3n) is 6.60. The molecule has 4 aromatic rings. The number of aliphatic hydroxyl groups is 1. The van der Waals surface area contributed by atoms with Crippen molar-refractivity contribution >= 4 is 29.5 Å². The van der Waals surface area contributed by atoms with Crippen LogP contribution in [-0.2, 0) is 35.5 Å². The molecule has 224 valence electrons. The largest absolute Gasteiger partial charge is 0.444 e. The molecule has 0 aromatic heterocycles. The highest BCUT2D eigenvalue weighted by atomic mass is 35.5. The van der Waals surface area contributed by atoms with Gasteiger partial charge < -0.3 is 19.9 Å². The second-order valence-corrected chi connectivity index (χ2v) is 11.7. The van der Waals surface area contributed by atoms with Crippen molar-refractivity contribution in [2.24, 2.45) is 0 Å². The first kappa shape index (κ1) is 31.6. The van der Waals surface area contributed by atoms with Gasteiger partial charge in [-0.3, -0.25) is 5.32 Å². The quantitative estimate of drug-likeness (QED) is 0.171. The number of amides is 2. The summed E-state index contributed by atoms with van der Waals surface area (Å²) in [5, 5.41) is 17.4. The van der Waals surface area contributed by atoms with Crippen LogP contribution in [0.15, 0.2) is 97.1 Å². The van der Waals surface area contributed by atoms with Gasteiger partial charge in [0.2, 0.25) is 0 Å². The van der Waals surface area contributed by atoms with Crippen molar-refractivity contribution in [2.45, 2.75) is 58.5 Å². The number of alkyl carbamates (subject to hydrolysis) is 1.